The molecule has 1 aromatic carbocycles. The number of aromatic nitrogens is 4. The fraction of sp³-hybridized carbons (Fsp3) is 0.143. The van der Waals surface area contributed by atoms with Gasteiger partial charge in [-0.15, -0.1) is 11.3 Å². The molecule has 0 saturated carbocycles. The summed E-state index contributed by atoms with van der Waals surface area (Å²) >= 11 is 1.72. The largest absolute Gasteiger partial charge is 0.383 e. The van der Waals surface area contributed by atoms with Gasteiger partial charge in [0, 0.05) is 39.1 Å². The van der Waals surface area contributed by atoms with Gasteiger partial charge < -0.3 is 10.3 Å². The van der Waals surface area contributed by atoms with Crippen LogP contribution in [0.25, 0.3) is 49.2 Å². The van der Waals surface area contributed by atoms with Crippen molar-refractivity contribution in [1.29, 1.82) is 0 Å². The highest BCUT2D eigenvalue weighted by Gasteiger charge is 2.15. The first-order chi connectivity index (χ1) is 16.6. The van der Waals surface area contributed by atoms with Crippen LogP contribution in [0.4, 0.5) is 0 Å². The van der Waals surface area contributed by atoms with Gasteiger partial charge in [0.25, 0.3) is 0 Å². The maximum Gasteiger partial charge on any atom is 0.116 e. The van der Waals surface area contributed by atoms with E-state index in [1.807, 2.05) is 18.5 Å². The van der Waals surface area contributed by atoms with Crippen molar-refractivity contribution in [2.24, 2.45) is 0 Å². The molecule has 0 spiro atoms. The highest BCUT2D eigenvalue weighted by atomic mass is 32.1. The van der Waals surface area contributed by atoms with Crippen molar-refractivity contribution in [2.45, 2.75) is 26.8 Å². The number of nitrogens with one attached hydrogen (secondary N) is 3. The van der Waals surface area contributed by atoms with Crippen LogP contribution in [0.15, 0.2) is 84.7 Å². The number of nitrogens with zero attached hydrogens (tertiary/aromatic N) is 2. The summed E-state index contributed by atoms with van der Waals surface area (Å²) in [5.41, 5.74) is 8.24. The predicted molar refractivity (Wildman–Crippen MR) is 145 cm³/mol. The molecule has 0 radical (unpaired) electrons. The van der Waals surface area contributed by atoms with Crippen molar-refractivity contribution in [3.8, 4) is 21.8 Å². The highest BCUT2D eigenvalue weighted by molar-refractivity contribution is 7.13. The number of thiophene rings is 1. The number of hydrogen-bond donors (Lipinski definition) is 3. The SMILES string of the molecule is C=C/C(=C\C(=C/C)c1ccc2[nH]nc(-c3cc4c(-c5cccs5)cncc4[nH]3)c2c1)NC(C)C. The highest BCUT2D eigenvalue weighted by Crippen LogP contribution is 2.35. The van der Waals surface area contributed by atoms with Crippen LogP contribution < -0.4 is 5.32 Å². The third-order valence-electron chi connectivity index (χ3n) is 5.78. The van der Waals surface area contributed by atoms with E-state index in [1.54, 1.807) is 11.3 Å². The summed E-state index contributed by atoms with van der Waals surface area (Å²) in [6, 6.07) is 13.1. The Morgan fingerprint density at radius 1 is 1.12 bits per heavy atom. The number of pyridine rings is 1. The Hall–Kier alpha value is -3.90. The Bertz CT molecular complexity index is 1530. The van der Waals surface area contributed by atoms with E-state index in [1.165, 1.54) is 4.88 Å². The van der Waals surface area contributed by atoms with E-state index in [-0.39, 0.29) is 0 Å². The summed E-state index contributed by atoms with van der Waals surface area (Å²) in [6.07, 6.45) is 9.91. The minimum atomic E-state index is 0.334. The van der Waals surface area contributed by atoms with E-state index >= 15 is 0 Å². The van der Waals surface area contributed by atoms with Gasteiger partial charge in [0.2, 0.25) is 0 Å². The van der Waals surface area contributed by atoms with Crippen LogP contribution in [0.2, 0.25) is 0 Å². The molecule has 0 atom stereocenters. The van der Waals surface area contributed by atoms with E-state index in [0.717, 1.165) is 55.6 Å². The van der Waals surface area contributed by atoms with E-state index in [2.05, 4.69) is 107 Å². The van der Waals surface area contributed by atoms with Crippen LogP contribution in [-0.4, -0.2) is 26.2 Å². The van der Waals surface area contributed by atoms with Crippen LogP contribution in [0.5, 0.6) is 0 Å². The maximum absolute atomic E-state index is 4.66. The number of benzene rings is 1. The van der Waals surface area contributed by atoms with Crippen molar-refractivity contribution >= 4 is 38.7 Å². The third-order valence-corrected chi connectivity index (χ3v) is 6.68. The standard InChI is InChI=1S/C28H27N5S/c1-5-18(12-20(6-2)30-17(3)4)19-9-10-24-22(13-19)28(33-32-24)25-14-21-23(27-8-7-11-34-27)15-29-16-26(21)31-25/h5-17,30-31H,2H2,1,3-4H3,(H,32,33)/b18-5+,20-12+. The van der Waals surface area contributed by atoms with E-state index in [9.17, 15) is 0 Å². The molecule has 0 aliphatic rings. The number of H-pyrrole nitrogens is 2. The summed E-state index contributed by atoms with van der Waals surface area (Å²) < 4.78 is 0. The minimum Gasteiger partial charge on any atom is -0.383 e. The zero-order valence-corrected chi connectivity index (χ0v) is 20.3. The topological polar surface area (TPSA) is 69.4 Å². The summed E-state index contributed by atoms with van der Waals surface area (Å²) in [5, 5.41) is 15.6. The second kappa shape index (κ2) is 9.15. The quantitative estimate of drug-likeness (QED) is 0.221. The normalized spacial score (nSPS) is 12.7. The molecule has 0 saturated heterocycles. The summed E-state index contributed by atoms with van der Waals surface area (Å²) in [6.45, 7) is 10.3. The lowest BCUT2D eigenvalue weighted by Gasteiger charge is -2.12. The first-order valence-corrected chi connectivity index (χ1v) is 12.2. The molecule has 0 amide bonds. The molecule has 0 fully saturated rings. The second-order valence-corrected chi connectivity index (χ2v) is 9.44. The molecule has 0 bridgehead atoms. The lowest BCUT2D eigenvalue weighted by atomic mass is 10.0. The van der Waals surface area contributed by atoms with Gasteiger partial charge in [-0.05, 0) is 73.7 Å². The fourth-order valence-corrected chi connectivity index (χ4v) is 4.95. The van der Waals surface area contributed by atoms with Crippen molar-refractivity contribution < 1.29 is 0 Å². The maximum atomic E-state index is 4.66. The van der Waals surface area contributed by atoms with Gasteiger partial charge >= 0.3 is 0 Å². The van der Waals surface area contributed by atoms with Crippen LogP contribution >= 0.6 is 11.3 Å². The first-order valence-electron chi connectivity index (χ1n) is 11.3. The van der Waals surface area contributed by atoms with Gasteiger partial charge in [-0.3, -0.25) is 10.1 Å². The number of aromatic amines is 2. The predicted octanol–water partition coefficient (Wildman–Crippen LogP) is 7.31. The average molecular weight is 466 g/mol. The molecule has 5 aromatic rings. The Kier molecular flexibility index (Phi) is 5.90. The van der Waals surface area contributed by atoms with Gasteiger partial charge in [0.05, 0.1) is 22.9 Å². The Morgan fingerprint density at radius 2 is 2.00 bits per heavy atom. The molecule has 34 heavy (non-hydrogen) atoms. The van der Waals surface area contributed by atoms with Gasteiger partial charge in [-0.2, -0.15) is 5.10 Å². The first kappa shape index (κ1) is 21.9. The van der Waals surface area contributed by atoms with Crippen molar-refractivity contribution in [3.05, 3.63) is 90.2 Å². The average Bonchev–Trinajstić information content (AvgIpc) is 3.59. The molecule has 6 heteroatoms. The van der Waals surface area contributed by atoms with Gasteiger partial charge in [0.15, 0.2) is 0 Å². The molecule has 3 N–H and O–H groups in total. The van der Waals surface area contributed by atoms with E-state index in [0.29, 0.717) is 6.04 Å². The van der Waals surface area contributed by atoms with Crippen LogP contribution in [0.3, 0.4) is 0 Å². The smallest absolute Gasteiger partial charge is 0.116 e. The van der Waals surface area contributed by atoms with Crippen molar-refractivity contribution in [3.63, 3.8) is 0 Å². The van der Waals surface area contributed by atoms with Crippen LogP contribution in [0.1, 0.15) is 26.3 Å². The van der Waals surface area contributed by atoms with Gasteiger partial charge in [-0.1, -0.05) is 24.8 Å². The molecule has 0 aliphatic heterocycles. The molecule has 5 rings (SSSR count). The van der Waals surface area contributed by atoms with Crippen LogP contribution in [-0.2, 0) is 0 Å². The Morgan fingerprint density at radius 3 is 2.74 bits per heavy atom. The zero-order valence-electron chi connectivity index (χ0n) is 19.5. The molecule has 0 unspecified atom stereocenters. The Labute approximate surface area is 203 Å². The molecular formula is C28H27N5S. The molecular weight excluding hydrogens is 438 g/mol. The molecule has 5 nitrogen and oxygen atoms in total. The number of hydrogen-bond acceptors (Lipinski definition) is 4. The van der Waals surface area contributed by atoms with Gasteiger partial charge in [0.1, 0.15) is 5.69 Å². The number of rotatable bonds is 7. The molecule has 4 aromatic heterocycles. The minimum absolute atomic E-state index is 0.334. The van der Waals surface area contributed by atoms with Crippen molar-refractivity contribution in [2.75, 3.05) is 0 Å². The van der Waals surface area contributed by atoms with E-state index < -0.39 is 0 Å². The lowest BCUT2D eigenvalue weighted by Crippen LogP contribution is -2.20. The van der Waals surface area contributed by atoms with E-state index in [4.69, 9.17) is 0 Å². The molecule has 4 heterocycles. The molecule has 0 aliphatic carbocycles. The second-order valence-electron chi connectivity index (χ2n) is 8.49. The summed E-state index contributed by atoms with van der Waals surface area (Å²) in [7, 11) is 0. The van der Waals surface area contributed by atoms with Crippen molar-refractivity contribution in [1.82, 2.24) is 25.5 Å². The molecule has 170 valence electrons. The van der Waals surface area contributed by atoms with Crippen LogP contribution in [0, 0.1) is 0 Å². The lowest BCUT2D eigenvalue weighted by molar-refractivity contribution is 0.682. The third kappa shape index (κ3) is 4.08. The summed E-state index contributed by atoms with van der Waals surface area (Å²) in [5.74, 6) is 0. The zero-order chi connectivity index (χ0) is 23.7. The fourth-order valence-electron chi connectivity index (χ4n) is 4.20. The monoisotopic (exact) mass is 465 g/mol. The summed E-state index contributed by atoms with van der Waals surface area (Å²) in [4.78, 5) is 9.18. The number of fused-ring (bicyclic) bond motifs is 2. The number of allylic oxidation sites excluding steroid dienone is 4. The Balaban J connectivity index is 1.59. The van der Waals surface area contributed by atoms with Gasteiger partial charge in [-0.25, -0.2) is 0 Å².